The van der Waals surface area contributed by atoms with Gasteiger partial charge in [-0.3, -0.25) is 4.79 Å². The fraction of sp³-hybridized carbons (Fsp3) is 0.125. The second-order valence-electron chi connectivity index (χ2n) is 4.64. The quantitative estimate of drug-likeness (QED) is 0.680. The first-order chi connectivity index (χ1) is 10.2. The van der Waals surface area contributed by atoms with E-state index in [9.17, 15) is 4.79 Å². The zero-order chi connectivity index (χ0) is 14.8. The third-order valence-corrected chi connectivity index (χ3v) is 3.81. The Morgan fingerprint density at radius 3 is 3.00 bits per heavy atom. The first-order valence-corrected chi connectivity index (χ1v) is 7.26. The molecule has 0 aliphatic carbocycles. The summed E-state index contributed by atoms with van der Waals surface area (Å²) in [6, 6.07) is 11.3. The van der Waals surface area contributed by atoms with Crippen LogP contribution < -0.4 is 4.74 Å². The Labute approximate surface area is 130 Å². The molecule has 0 fully saturated rings. The number of hydrogen-bond donors (Lipinski definition) is 0. The van der Waals surface area contributed by atoms with Gasteiger partial charge >= 0.3 is 0 Å². The van der Waals surface area contributed by atoms with E-state index in [4.69, 9.17) is 4.74 Å². The van der Waals surface area contributed by atoms with E-state index in [0.717, 1.165) is 15.6 Å². The van der Waals surface area contributed by atoms with Gasteiger partial charge in [-0.2, -0.15) is 5.10 Å². The predicted octanol–water partition coefficient (Wildman–Crippen LogP) is 3.53. The zero-order valence-corrected chi connectivity index (χ0v) is 13.0. The van der Waals surface area contributed by atoms with E-state index in [2.05, 4.69) is 21.0 Å². The summed E-state index contributed by atoms with van der Waals surface area (Å²) < 4.78 is 7.93. The Morgan fingerprint density at radius 2 is 2.19 bits per heavy atom. The number of nitrogens with zero attached hydrogens (tertiary/aromatic N) is 2. The van der Waals surface area contributed by atoms with E-state index < -0.39 is 0 Å². The summed E-state index contributed by atoms with van der Waals surface area (Å²) >= 11 is 3.42. The van der Waals surface area contributed by atoms with Crippen LogP contribution in [0, 0.1) is 0 Å². The SMILES string of the molecule is COc1ccc(Br)cc1CC(=O)c1cnn2ccccc12. The van der Waals surface area contributed by atoms with Gasteiger partial charge in [-0.05, 0) is 30.3 Å². The fourth-order valence-corrected chi connectivity index (χ4v) is 2.71. The molecule has 0 saturated carbocycles. The molecule has 0 aliphatic heterocycles. The van der Waals surface area contributed by atoms with E-state index in [1.807, 2.05) is 42.6 Å². The molecular formula is C16H13BrN2O2. The lowest BCUT2D eigenvalue weighted by molar-refractivity contribution is 0.0993. The minimum Gasteiger partial charge on any atom is -0.496 e. The lowest BCUT2D eigenvalue weighted by atomic mass is 10.0. The van der Waals surface area contributed by atoms with Crippen molar-refractivity contribution in [1.29, 1.82) is 0 Å². The number of halogens is 1. The number of benzene rings is 1. The maximum absolute atomic E-state index is 12.5. The van der Waals surface area contributed by atoms with E-state index in [1.165, 1.54) is 0 Å². The van der Waals surface area contributed by atoms with Crippen molar-refractivity contribution < 1.29 is 9.53 Å². The van der Waals surface area contributed by atoms with Crippen molar-refractivity contribution >= 4 is 27.2 Å². The van der Waals surface area contributed by atoms with Crippen LogP contribution in [0.25, 0.3) is 5.52 Å². The van der Waals surface area contributed by atoms with E-state index in [0.29, 0.717) is 11.3 Å². The van der Waals surface area contributed by atoms with Crippen LogP contribution in [-0.2, 0) is 6.42 Å². The fourth-order valence-electron chi connectivity index (χ4n) is 2.30. The van der Waals surface area contributed by atoms with Crippen LogP contribution in [0.2, 0.25) is 0 Å². The third kappa shape index (κ3) is 2.69. The van der Waals surface area contributed by atoms with Gasteiger partial charge in [-0.1, -0.05) is 22.0 Å². The van der Waals surface area contributed by atoms with E-state index >= 15 is 0 Å². The summed E-state index contributed by atoms with van der Waals surface area (Å²) in [6.07, 6.45) is 3.72. The van der Waals surface area contributed by atoms with Crippen LogP contribution in [0.5, 0.6) is 5.75 Å². The lowest BCUT2D eigenvalue weighted by Gasteiger charge is -2.08. The number of aromatic nitrogens is 2. The average molecular weight is 345 g/mol. The molecule has 0 saturated heterocycles. The first-order valence-electron chi connectivity index (χ1n) is 6.47. The Bertz CT molecular complexity index is 811. The molecule has 4 nitrogen and oxygen atoms in total. The van der Waals surface area contributed by atoms with E-state index in [1.54, 1.807) is 17.8 Å². The van der Waals surface area contributed by atoms with Gasteiger partial charge in [0.15, 0.2) is 5.78 Å². The summed E-state index contributed by atoms with van der Waals surface area (Å²) in [7, 11) is 1.60. The Hall–Kier alpha value is -2.14. The molecule has 3 rings (SSSR count). The summed E-state index contributed by atoms with van der Waals surface area (Å²) in [5, 5.41) is 4.20. The average Bonchev–Trinajstić information content (AvgIpc) is 2.91. The van der Waals surface area contributed by atoms with E-state index in [-0.39, 0.29) is 12.2 Å². The molecule has 0 aliphatic rings. The molecule has 0 bridgehead atoms. The number of ether oxygens (including phenoxy) is 1. The van der Waals surface area contributed by atoms with Gasteiger partial charge in [0.05, 0.1) is 24.4 Å². The molecule has 0 spiro atoms. The van der Waals surface area contributed by atoms with Crippen LogP contribution in [0.3, 0.4) is 0 Å². The van der Waals surface area contributed by atoms with Gasteiger partial charge in [0.2, 0.25) is 0 Å². The third-order valence-electron chi connectivity index (χ3n) is 3.32. The standard InChI is InChI=1S/C16H13BrN2O2/c1-21-16-6-5-12(17)8-11(16)9-15(20)13-10-18-19-7-3-2-4-14(13)19/h2-8,10H,9H2,1H3. The molecule has 2 heterocycles. The van der Waals surface area contributed by atoms with Gasteiger partial charge in [0, 0.05) is 22.7 Å². The maximum atomic E-state index is 12.5. The molecule has 0 atom stereocenters. The zero-order valence-electron chi connectivity index (χ0n) is 11.4. The lowest BCUT2D eigenvalue weighted by Crippen LogP contribution is -2.05. The monoisotopic (exact) mass is 344 g/mol. The summed E-state index contributed by atoms with van der Waals surface area (Å²) in [4.78, 5) is 12.5. The van der Waals surface area contributed by atoms with Gasteiger partial charge in [0.1, 0.15) is 5.75 Å². The molecule has 0 amide bonds. The Balaban J connectivity index is 1.95. The van der Waals surface area contributed by atoms with Crippen molar-refractivity contribution in [3.63, 3.8) is 0 Å². The molecule has 5 heteroatoms. The molecule has 3 aromatic rings. The van der Waals surface area contributed by atoms with Gasteiger partial charge < -0.3 is 4.74 Å². The van der Waals surface area contributed by atoms with Crippen molar-refractivity contribution in [1.82, 2.24) is 9.61 Å². The molecule has 0 N–H and O–H groups in total. The molecule has 0 unspecified atom stereocenters. The summed E-state index contributed by atoms with van der Waals surface area (Å²) in [6.45, 7) is 0. The molecular weight excluding hydrogens is 332 g/mol. The highest BCUT2D eigenvalue weighted by Gasteiger charge is 2.15. The number of hydrogen-bond acceptors (Lipinski definition) is 3. The number of Topliss-reactive ketones (excluding diaryl/α,β-unsaturated/α-hetero) is 1. The predicted molar refractivity (Wildman–Crippen MR) is 83.9 cm³/mol. The van der Waals surface area contributed by atoms with Crippen LogP contribution in [0.1, 0.15) is 15.9 Å². The first kappa shape index (κ1) is 13.8. The summed E-state index contributed by atoms with van der Waals surface area (Å²) in [5.41, 5.74) is 2.29. The highest BCUT2D eigenvalue weighted by molar-refractivity contribution is 9.10. The van der Waals surface area contributed by atoms with Crippen LogP contribution in [-0.4, -0.2) is 22.5 Å². The minimum absolute atomic E-state index is 0.0209. The maximum Gasteiger partial charge on any atom is 0.171 e. The van der Waals surface area contributed by atoms with Crippen molar-refractivity contribution in [2.45, 2.75) is 6.42 Å². The van der Waals surface area contributed by atoms with Gasteiger partial charge in [0.25, 0.3) is 0 Å². The second-order valence-corrected chi connectivity index (χ2v) is 5.56. The van der Waals surface area contributed by atoms with Crippen LogP contribution in [0.15, 0.2) is 53.3 Å². The highest BCUT2D eigenvalue weighted by Crippen LogP contribution is 2.25. The number of rotatable bonds is 4. The van der Waals surface area contributed by atoms with Crippen molar-refractivity contribution in [3.8, 4) is 5.75 Å². The number of methoxy groups -OCH3 is 1. The molecule has 106 valence electrons. The molecule has 21 heavy (non-hydrogen) atoms. The van der Waals surface area contributed by atoms with Crippen molar-refractivity contribution in [2.75, 3.05) is 7.11 Å². The topological polar surface area (TPSA) is 43.6 Å². The second kappa shape index (κ2) is 5.69. The smallest absolute Gasteiger partial charge is 0.171 e. The number of ketones is 1. The largest absolute Gasteiger partial charge is 0.496 e. The molecule has 1 aromatic carbocycles. The number of fused-ring (bicyclic) bond motifs is 1. The molecule has 2 aromatic heterocycles. The van der Waals surface area contributed by atoms with Crippen molar-refractivity contribution in [3.05, 3.63) is 64.4 Å². The Kier molecular flexibility index (Phi) is 3.75. The summed E-state index contributed by atoms with van der Waals surface area (Å²) in [5.74, 6) is 0.732. The van der Waals surface area contributed by atoms with Gasteiger partial charge in [-0.15, -0.1) is 0 Å². The number of carbonyl (C=O) groups excluding carboxylic acids is 1. The minimum atomic E-state index is 0.0209. The van der Waals surface area contributed by atoms with Crippen LogP contribution in [0.4, 0.5) is 0 Å². The van der Waals surface area contributed by atoms with Crippen molar-refractivity contribution in [2.24, 2.45) is 0 Å². The highest BCUT2D eigenvalue weighted by atomic mass is 79.9. The van der Waals surface area contributed by atoms with Crippen LogP contribution >= 0.6 is 15.9 Å². The number of pyridine rings is 1. The normalized spacial score (nSPS) is 10.8. The number of carbonyl (C=O) groups is 1. The molecule has 0 radical (unpaired) electrons. The van der Waals surface area contributed by atoms with Gasteiger partial charge in [-0.25, -0.2) is 4.52 Å². The Morgan fingerprint density at radius 1 is 1.33 bits per heavy atom.